The number of aromatic nitrogens is 4. The molecule has 0 radical (unpaired) electrons. The van der Waals surface area contributed by atoms with E-state index in [1.165, 1.54) is 6.20 Å². The van der Waals surface area contributed by atoms with Crippen LogP contribution >= 0.6 is 0 Å². The lowest BCUT2D eigenvalue weighted by atomic mass is 9.97. The van der Waals surface area contributed by atoms with Crippen molar-refractivity contribution in [2.45, 2.75) is 37.2 Å². The number of aryl methyl sites for hydroxylation is 1. The number of hydrogen-bond acceptors (Lipinski definition) is 6. The Morgan fingerprint density at radius 2 is 1.96 bits per heavy atom. The first-order chi connectivity index (χ1) is 12.1. The molecule has 2 bridgehead atoms. The minimum atomic E-state index is -3.53. The van der Waals surface area contributed by atoms with Gasteiger partial charge in [0.15, 0.2) is 0 Å². The van der Waals surface area contributed by atoms with Gasteiger partial charge >= 0.3 is 0 Å². The second kappa shape index (κ2) is 6.38. The topological polar surface area (TPSA) is 84.2 Å². The average Bonchev–Trinajstić information content (AvgIpc) is 2.95. The quantitative estimate of drug-likeness (QED) is 0.806. The summed E-state index contributed by atoms with van der Waals surface area (Å²) in [5.41, 5.74) is 0. The summed E-state index contributed by atoms with van der Waals surface area (Å²) < 4.78 is 29.6. The fourth-order valence-electron chi connectivity index (χ4n) is 3.74. The fraction of sp³-hybridized carbons (Fsp3) is 0.562. The van der Waals surface area contributed by atoms with Crippen LogP contribution in [0.15, 0.2) is 35.7 Å². The molecule has 0 aliphatic carbocycles. The Balaban J connectivity index is 1.62. The Morgan fingerprint density at radius 1 is 1.16 bits per heavy atom. The van der Waals surface area contributed by atoms with Crippen LogP contribution in [0, 0.1) is 5.92 Å². The number of sulfonamides is 1. The van der Waals surface area contributed by atoms with Crippen molar-refractivity contribution < 1.29 is 8.42 Å². The molecule has 2 aromatic rings. The zero-order valence-electron chi connectivity index (χ0n) is 14.2. The molecule has 2 aromatic heterocycles. The molecule has 5 heterocycles. The van der Waals surface area contributed by atoms with Crippen LogP contribution in [0.2, 0.25) is 0 Å². The van der Waals surface area contributed by atoms with Crippen molar-refractivity contribution in [2.24, 2.45) is 5.92 Å². The molecule has 134 valence electrons. The highest BCUT2D eigenvalue weighted by Crippen LogP contribution is 2.33. The van der Waals surface area contributed by atoms with Crippen LogP contribution in [0.1, 0.15) is 19.8 Å². The van der Waals surface area contributed by atoms with Crippen molar-refractivity contribution >= 4 is 16.0 Å². The SMILES string of the molecule is CCn1cc(S(=O)(=O)N2C[C@H]3CC[C@@H]2CN(c2ncccn2)C3)cn1. The summed E-state index contributed by atoms with van der Waals surface area (Å²) in [6, 6.07) is 1.73. The maximum Gasteiger partial charge on any atom is 0.246 e. The summed E-state index contributed by atoms with van der Waals surface area (Å²) in [5, 5.41) is 4.12. The van der Waals surface area contributed by atoms with Gasteiger partial charge in [0.25, 0.3) is 0 Å². The van der Waals surface area contributed by atoms with Crippen molar-refractivity contribution in [3.05, 3.63) is 30.9 Å². The summed E-state index contributed by atoms with van der Waals surface area (Å²) in [6.45, 7) is 4.56. The van der Waals surface area contributed by atoms with Crippen LogP contribution in [-0.4, -0.2) is 58.1 Å². The van der Waals surface area contributed by atoms with E-state index in [1.807, 2.05) is 6.92 Å². The smallest absolute Gasteiger partial charge is 0.246 e. The summed E-state index contributed by atoms with van der Waals surface area (Å²) in [5.74, 6) is 0.969. The molecule has 3 aliphatic heterocycles. The largest absolute Gasteiger partial charge is 0.339 e. The molecule has 2 atom stereocenters. The number of anilines is 1. The van der Waals surface area contributed by atoms with Gasteiger partial charge in [0.2, 0.25) is 16.0 Å². The first kappa shape index (κ1) is 16.5. The molecular formula is C16H22N6O2S. The number of fused-ring (bicyclic) bond motifs is 4. The lowest BCUT2D eigenvalue weighted by Crippen LogP contribution is -2.47. The molecule has 5 rings (SSSR count). The van der Waals surface area contributed by atoms with Crippen LogP contribution in [0.3, 0.4) is 0 Å². The van der Waals surface area contributed by atoms with Crippen LogP contribution in [-0.2, 0) is 16.6 Å². The Kier molecular flexibility index (Phi) is 4.20. The summed E-state index contributed by atoms with van der Waals surface area (Å²) in [7, 11) is -3.53. The van der Waals surface area contributed by atoms with E-state index in [0.717, 1.165) is 19.4 Å². The predicted octanol–water partition coefficient (Wildman–Crippen LogP) is 0.982. The molecule has 3 fully saturated rings. The van der Waals surface area contributed by atoms with Crippen LogP contribution < -0.4 is 4.90 Å². The monoisotopic (exact) mass is 362 g/mol. The Hall–Kier alpha value is -2.00. The van der Waals surface area contributed by atoms with Crippen molar-refractivity contribution in [1.82, 2.24) is 24.1 Å². The van der Waals surface area contributed by atoms with Gasteiger partial charge in [-0.05, 0) is 31.7 Å². The van der Waals surface area contributed by atoms with Gasteiger partial charge in [0, 0.05) is 50.8 Å². The van der Waals surface area contributed by atoms with Gasteiger partial charge in [0.05, 0.1) is 6.20 Å². The van der Waals surface area contributed by atoms with Crippen molar-refractivity contribution in [3.63, 3.8) is 0 Å². The van der Waals surface area contributed by atoms with Crippen molar-refractivity contribution in [3.8, 4) is 0 Å². The second-order valence-corrected chi connectivity index (χ2v) is 8.55. The zero-order valence-corrected chi connectivity index (χ0v) is 15.0. The Morgan fingerprint density at radius 3 is 2.68 bits per heavy atom. The summed E-state index contributed by atoms with van der Waals surface area (Å²) in [6.07, 6.45) is 8.43. The van der Waals surface area contributed by atoms with Crippen LogP contribution in [0.25, 0.3) is 0 Å². The minimum absolute atomic E-state index is 0.0578. The first-order valence-corrected chi connectivity index (χ1v) is 10.1. The van der Waals surface area contributed by atoms with E-state index in [4.69, 9.17) is 0 Å². The van der Waals surface area contributed by atoms with E-state index in [0.29, 0.717) is 31.5 Å². The van der Waals surface area contributed by atoms with Gasteiger partial charge in [-0.2, -0.15) is 9.40 Å². The van der Waals surface area contributed by atoms with Crippen molar-refractivity contribution in [1.29, 1.82) is 0 Å². The Labute approximate surface area is 147 Å². The van der Waals surface area contributed by atoms with E-state index in [-0.39, 0.29) is 10.9 Å². The third-order valence-corrected chi connectivity index (χ3v) is 6.91. The van der Waals surface area contributed by atoms with Gasteiger partial charge in [-0.3, -0.25) is 4.68 Å². The van der Waals surface area contributed by atoms with E-state index in [9.17, 15) is 8.42 Å². The minimum Gasteiger partial charge on any atom is -0.339 e. The van der Waals surface area contributed by atoms with Gasteiger partial charge in [-0.1, -0.05) is 0 Å². The van der Waals surface area contributed by atoms with Crippen LogP contribution in [0.4, 0.5) is 5.95 Å². The molecule has 3 aliphatic rings. The maximum absolute atomic E-state index is 13.1. The molecule has 0 unspecified atom stereocenters. The van der Waals surface area contributed by atoms with Crippen LogP contribution in [0.5, 0.6) is 0 Å². The summed E-state index contributed by atoms with van der Waals surface area (Å²) >= 11 is 0. The molecule has 0 saturated carbocycles. The first-order valence-electron chi connectivity index (χ1n) is 8.64. The van der Waals surface area contributed by atoms with Crippen molar-refractivity contribution in [2.75, 3.05) is 24.5 Å². The van der Waals surface area contributed by atoms with E-state index in [2.05, 4.69) is 20.0 Å². The number of hydrogen-bond donors (Lipinski definition) is 0. The van der Waals surface area contributed by atoms with Gasteiger partial charge in [0.1, 0.15) is 4.90 Å². The predicted molar refractivity (Wildman–Crippen MR) is 92.5 cm³/mol. The third-order valence-electron chi connectivity index (χ3n) is 5.04. The van der Waals surface area contributed by atoms with E-state index >= 15 is 0 Å². The normalized spacial score (nSPS) is 24.4. The molecule has 9 heteroatoms. The summed E-state index contributed by atoms with van der Waals surface area (Å²) in [4.78, 5) is 11.1. The lowest BCUT2D eigenvalue weighted by molar-refractivity contribution is 0.230. The fourth-order valence-corrected chi connectivity index (χ4v) is 5.41. The lowest BCUT2D eigenvalue weighted by Gasteiger charge is -2.34. The zero-order chi connectivity index (χ0) is 17.4. The highest BCUT2D eigenvalue weighted by Gasteiger charge is 2.42. The Bertz CT molecular complexity index is 837. The van der Waals surface area contributed by atoms with Gasteiger partial charge in [-0.25, -0.2) is 18.4 Å². The molecule has 8 nitrogen and oxygen atoms in total. The number of nitrogens with zero attached hydrogens (tertiary/aromatic N) is 6. The highest BCUT2D eigenvalue weighted by molar-refractivity contribution is 7.89. The number of rotatable bonds is 4. The standard InChI is InChI=1S/C16H22N6O2S/c1-2-21-12-15(8-19-21)25(23,24)22-10-13-4-5-14(22)11-20(9-13)16-17-6-3-7-18-16/h3,6-8,12-14H,2,4-5,9-11H2,1H3/t13-,14+/m0/s1. The molecule has 0 spiro atoms. The second-order valence-electron chi connectivity index (χ2n) is 6.66. The maximum atomic E-state index is 13.1. The van der Waals surface area contributed by atoms with Gasteiger partial charge < -0.3 is 4.90 Å². The van der Waals surface area contributed by atoms with E-state index < -0.39 is 10.0 Å². The molecule has 3 saturated heterocycles. The number of piperidine rings is 1. The van der Waals surface area contributed by atoms with Gasteiger partial charge in [-0.15, -0.1) is 0 Å². The average molecular weight is 362 g/mol. The molecular weight excluding hydrogens is 340 g/mol. The highest BCUT2D eigenvalue weighted by atomic mass is 32.2. The third kappa shape index (κ3) is 3.02. The molecule has 0 aromatic carbocycles. The molecule has 25 heavy (non-hydrogen) atoms. The molecule has 0 N–H and O–H groups in total. The van der Waals surface area contributed by atoms with E-state index in [1.54, 1.807) is 33.6 Å². The molecule has 0 amide bonds.